The summed E-state index contributed by atoms with van der Waals surface area (Å²) in [5.74, 6) is 2.15. The molecule has 36 heavy (non-hydrogen) atoms. The van der Waals surface area contributed by atoms with Crippen LogP contribution in [0.4, 0.5) is 4.79 Å². The van der Waals surface area contributed by atoms with E-state index in [1.165, 1.54) is 19.3 Å². The molecule has 4 aliphatic carbocycles. The Hall–Kier alpha value is -1.65. The second-order valence-corrected chi connectivity index (χ2v) is 14.8. The topological polar surface area (TPSA) is 83.7 Å². The molecule has 1 heterocycles. The van der Waals surface area contributed by atoms with Crippen molar-refractivity contribution in [3.8, 4) is 11.1 Å². The quantitative estimate of drug-likeness (QED) is 0.268. The van der Waals surface area contributed by atoms with Crippen LogP contribution in [0.3, 0.4) is 0 Å². The lowest BCUT2D eigenvalue weighted by atomic mass is 9.52. The average Bonchev–Trinajstić information content (AvgIpc) is 2.83. The van der Waals surface area contributed by atoms with E-state index in [1.54, 1.807) is 16.4 Å². The van der Waals surface area contributed by atoms with Gasteiger partial charge >= 0.3 is 6.03 Å². The highest BCUT2D eigenvalue weighted by Gasteiger charge is 2.56. The van der Waals surface area contributed by atoms with Crippen LogP contribution in [0.5, 0.6) is 0 Å². The summed E-state index contributed by atoms with van der Waals surface area (Å²) in [6.45, 7) is 0.400. The van der Waals surface area contributed by atoms with Crippen LogP contribution in [0.2, 0.25) is 0 Å². The van der Waals surface area contributed by atoms with Gasteiger partial charge in [0.2, 0.25) is 10.0 Å². The molecular formula is C28H34IN3O3S. The zero-order valence-corrected chi connectivity index (χ0v) is 23.4. The van der Waals surface area contributed by atoms with Gasteiger partial charge in [-0.15, -0.1) is 0 Å². The Bertz CT molecular complexity index is 1200. The number of rotatable bonds is 5. The Balaban J connectivity index is 1.20. The van der Waals surface area contributed by atoms with Gasteiger partial charge < -0.3 is 10.6 Å². The number of carbonyl (C=O) groups excluding carboxylic acids is 1. The maximum Gasteiger partial charge on any atom is 0.315 e. The summed E-state index contributed by atoms with van der Waals surface area (Å²) in [6, 6.07) is 16.8. The molecule has 5 aliphatic rings. The lowest BCUT2D eigenvalue weighted by molar-refractivity contribution is -0.0869. The van der Waals surface area contributed by atoms with Crippen molar-refractivity contribution in [3.05, 3.63) is 54.6 Å². The number of hydrogen-bond donors (Lipinski definition) is 1. The maximum atomic E-state index is 13.6. The molecule has 8 heteroatoms. The number of urea groups is 1. The third-order valence-electron chi connectivity index (χ3n) is 9.15. The van der Waals surface area contributed by atoms with Gasteiger partial charge in [-0.25, -0.2) is 13.2 Å². The van der Waals surface area contributed by atoms with Crippen molar-refractivity contribution < 1.29 is 13.2 Å². The second-order valence-electron chi connectivity index (χ2n) is 11.5. The molecule has 2 unspecified atom stereocenters. The van der Waals surface area contributed by atoms with Gasteiger partial charge in [-0.05, 0) is 92.4 Å². The van der Waals surface area contributed by atoms with E-state index in [2.05, 4.69) is 22.6 Å². The fourth-order valence-corrected chi connectivity index (χ4v) is 11.4. The minimum atomic E-state index is -3.63. The molecule has 192 valence electrons. The van der Waals surface area contributed by atoms with Crippen LogP contribution < -0.4 is 5.73 Å². The van der Waals surface area contributed by atoms with Crippen molar-refractivity contribution in [2.75, 3.05) is 6.54 Å². The first kappa shape index (κ1) is 24.7. The molecule has 2 amide bonds. The van der Waals surface area contributed by atoms with E-state index in [-0.39, 0.29) is 21.7 Å². The van der Waals surface area contributed by atoms with Gasteiger partial charge in [0.05, 0.1) is 8.94 Å². The van der Waals surface area contributed by atoms with Crippen molar-refractivity contribution in [2.45, 2.75) is 71.9 Å². The largest absolute Gasteiger partial charge is 0.351 e. The van der Waals surface area contributed by atoms with Gasteiger partial charge in [-0.1, -0.05) is 65.1 Å². The summed E-state index contributed by atoms with van der Waals surface area (Å²) in [7, 11) is -3.63. The number of nitrogens with zero attached hydrogens (tertiary/aromatic N) is 2. The van der Waals surface area contributed by atoms with E-state index >= 15 is 0 Å². The number of carbonyl (C=O) groups is 1. The number of piperidine rings is 1. The molecule has 2 atom stereocenters. The summed E-state index contributed by atoms with van der Waals surface area (Å²) in [5.41, 5.74) is 8.00. The molecule has 0 spiro atoms. The highest BCUT2D eigenvalue weighted by atomic mass is 127. The Morgan fingerprint density at radius 3 is 1.97 bits per heavy atom. The summed E-state index contributed by atoms with van der Waals surface area (Å²) >= 11 is 2.25. The molecule has 4 bridgehead atoms. The Kier molecular flexibility index (Phi) is 6.36. The molecule has 1 aliphatic heterocycles. The van der Waals surface area contributed by atoms with Crippen molar-refractivity contribution in [1.82, 2.24) is 9.21 Å². The smallest absolute Gasteiger partial charge is 0.315 e. The molecule has 1 saturated heterocycles. The van der Waals surface area contributed by atoms with Gasteiger partial charge in [-0.2, -0.15) is 4.31 Å². The Morgan fingerprint density at radius 1 is 0.889 bits per heavy atom. The Morgan fingerprint density at radius 2 is 1.44 bits per heavy atom. The van der Waals surface area contributed by atoms with E-state index in [9.17, 15) is 13.2 Å². The van der Waals surface area contributed by atoms with Crippen molar-refractivity contribution >= 4 is 38.6 Å². The number of benzene rings is 2. The van der Waals surface area contributed by atoms with Crippen LogP contribution in [-0.2, 0) is 10.0 Å². The van der Waals surface area contributed by atoms with E-state index in [4.69, 9.17) is 5.73 Å². The number of sulfonamides is 1. The molecule has 7 rings (SSSR count). The zero-order chi connectivity index (χ0) is 25.1. The van der Waals surface area contributed by atoms with Crippen LogP contribution in [0, 0.1) is 17.8 Å². The number of alkyl halides is 1. The van der Waals surface area contributed by atoms with Gasteiger partial charge in [0.25, 0.3) is 0 Å². The SMILES string of the molecule is NC(=O)N(C1CCN(S(=O)(=O)c2ccc(-c3ccccc3)cc2)C(I)C1)C12CC3CC(CC(C3)C1)C2. The van der Waals surface area contributed by atoms with E-state index in [0.29, 0.717) is 42.0 Å². The summed E-state index contributed by atoms with van der Waals surface area (Å²) in [4.78, 5) is 15.2. The Labute approximate surface area is 227 Å². The number of hydrogen-bond acceptors (Lipinski definition) is 3. The van der Waals surface area contributed by atoms with Gasteiger partial charge in [0.15, 0.2) is 0 Å². The molecule has 2 N–H and O–H groups in total. The average molecular weight is 620 g/mol. The molecule has 6 nitrogen and oxygen atoms in total. The fourth-order valence-electron chi connectivity index (χ4n) is 8.13. The fraction of sp³-hybridized carbons (Fsp3) is 0.536. The zero-order valence-electron chi connectivity index (χ0n) is 20.4. The molecule has 0 radical (unpaired) electrons. The number of amides is 2. The third-order valence-corrected chi connectivity index (χ3v) is 12.6. The molecule has 4 saturated carbocycles. The first-order chi connectivity index (χ1) is 17.2. The standard InChI is InChI=1S/C28H34IN3O3S/c29-26-15-24(32(27(30)33)28-16-19-12-20(17-28)14-21(13-19)18-28)10-11-31(26)36(34,35)25-8-6-23(7-9-25)22-4-2-1-3-5-22/h1-9,19-21,24,26H,10-18H2,(H2,30,33). The van der Waals surface area contributed by atoms with Gasteiger partial charge in [-0.3, -0.25) is 0 Å². The lowest BCUT2D eigenvalue weighted by Crippen LogP contribution is -2.66. The normalized spacial score (nSPS) is 34.0. The van der Waals surface area contributed by atoms with Crippen LogP contribution in [0.25, 0.3) is 11.1 Å². The van der Waals surface area contributed by atoms with Gasteiger partial charge in [0, 0.05) is 18.1 Å². The predicted molar refractivity (Wildman–Crippen MR) is 149 cm³/mol. The molecule has 5 fully saturated rings. The second kappa shape index (κ2) is 9.27. The van der Waals surface area contributed by atoms with Crippen molar-refractivity contribution in [1.29, 1.82) is 0 Å². The number of nitrogens with two attached hydrogens (primary N) is 1. The minimum absolute atomic E-state index is 0.00689. The van der Waals surface area contributed by atoms with E-state index in [1.807, 2.05) is 47.4 Å². The molecule has 2 aromatic rings. The third kappa shape index (κ3) is 4.26. The monoisotopic (exact) mass is 619 g/mol. The first-order valence-electron chi connectivity index (χ1n) is 13.2. The van der Waals surface area contributed by atoms with Gasteiger partial charge in [0.1, 0.15) is 0 Å². The van der Waals surface area contributed by atoms with E-state index in [0.717, 1.165) is 30.4 Å². The predicted octanol–water partition coefficient (Wildman–Crippen LogP) is 5.62. The molecular weight excluding hydrogens is 585 g/mol. The summed E-state index contributed by atoms with van der Waals surface area (Å²) in [6.07, 6.45) is 8.38. The highest BCUT2D eigenvalue weighted by molar-refractivity contribution is 14.1. The number of halogens is 1. The van der Waals surface area contributed by atoms with Crippen LogP contribution in [0.15, 0.2) is 59.5 Å². The molecule has 0 aromatic heterocycles. The highest BCUT2D eigenvalue weighted by Crippen LogP contribution is 2.58. The van der Waals surface area contributed by atoms with Crippen LogP contribution >= 0.6 is 22.6 Å². The van der Waals surface area contributed by atoms with Crippen molar-refractivity contribution in [3.63, 3.8) is 0 Å². The number of primary amides is 1. The minimum Gasteiger partial charge on any atom is -0.351 e. The maximum absolute atomic E-state index is 13.6. The lowest BCUT2D eigenvalue weighted by Gasteiger charge is -2.62. The molecule has 2 aromatic carbocycles. The summed E-state index contributed by atoms with van der Waals surface area (Å²) in [5, 5.41) is 0. The first-order valence-corrected chi connectivity index (χ1v) is 15.8. The van der Waals surface area contributed by atoms with Crippen LogP contribution in [-0.4, -0.2) is 45.8 Å². The summed E-state index contributed by atoms with van der Waals surface area (Å²) < 4.78 is 28.6. The van der Waals surface area contributed by atoms with E-state index < -0.39 is 10.0 Å². The van der Waals surface area contributed by atoms with Crippen molar-refractivity contribution in [2.24, 2.45) is 23.5 Å². The van der Waals surface area contributed by atoms with Crippen LogP contribution in [0.1, 0.15) is 51.4 Å².